The smallest absolute Gasteiger partial charge is 0.327 e. The molecule has 0 unspecified atom stereocenters. The van der Waals surface area contributed by atoms with Crippen LogP contribution in [0.1, 0.15) is 10.4 Å². The second kappa shape index (κ2) is 4.70. The van der Waals surface area contributed by atoms with Crippen molar-refractivity contribution >= 4 is 23.9 Å². The molecule has 0 aliphatic carbocycles. The van der Waals surface area contributed by atoms with Gasteiger partial charge in [-0.25, -0.2) is 4.68 Å². The third-order valence-electron chi connectivity index (χ3n) is 1.66. The molecule has 6 nitrogen and oxygen atoms in total. The largest absolute Gasteiger partial charge is 0.468 e. The van der Waals surface area contributed by atoms with Gasteiger partial charge >= 0.3 is 5.97 Å². The number of rotatable bonds is 3. The first-order valence-corrected chi connectivity index (χ1v) is 4.25. The van der Waals surface area contributed by atoms with Crippen LogP contribution in [0.3, 0.4) is 0 Å². The standard InChI is InChI=1S/C8H7ClN2O4/c1-15-7(13)3-11-8(14)5(4-12)6(9)2-10-11/h2,4H,3H2,1H3. The Hall–Kier alpha value is -1.69. The van der Waals surface area contributed by atoms with Gasteiger partial charge in [-0.2, -0.15) is 5.10 Å². The van der Waals surface area contributed by atoms with Gasteiger partial charge in [-0.3, -0.25) is 14.4 Å². The van der Waals surface area contributed by atoms with Gasteiger partial charge in [0.1, 0.15) is 12.1 Å². The van der Waals surface area contributed by atoms with Crippen LogP contribution in [0.4, 0.5) is 0 Å². The Bertz CT molecular complexity index is 454. The van der Waals surface area contributed by atoms with E-state index < -0.39 is 11.5 Å². The Balaban J connectivity index is 3.17. The molecule has 1 heterocycles. The second-order valence-electron chi connectivity index (χ2n) is 2.56. The van der Waals surface area contributed by atoms with Crippen LogP contribution in [-0.2, 0) is 16.1 Å². The highest BCUT2D eigenvalue weighted by Gasteiger charge is 2.11. The lowest BCUT2D eigenvalue weighted by Gasteiger charge is -2.03. The van der Waals surface area contributed by atoms with Gasteiger partial charge in [0.05, 0.1) is 18.3 Å². The highest BCUT2D eigenvalue weighted by Crippen LogP contribution is 2.06. The predicted molar refractivity (Wildman–Crippen MR) is 50.9 cm³/mol. The highest BCUT2D eigenvalue weighted by atomic mass is 35.5. The summed E-state index contributed by atoms with van der Waals surface area (Å²) in [4.78, 5) is 32.8. The van der Waals surface area contributed by atoms with Crippen molar-refractivity contribution in [3.63, 3.8) is 0 Å². The van der Waals surface area contributed by atoms with Gasteiger partial charge in [-0.15, -0.1) is 0 Å². The molecule has 0 radical (unpaired) electrons. The van der Waals surface area contributed by atoms with E-state index in [1.807, 2.05) is 0 Å². The first-order valence-electron chi connectivity index (χ1n) is 3.87. The quantitative estimate of drug-likeness (QED) is 0.534. The molecule has 1 aromatic rings. The molecule has 0 bridgehead atoms. The summed E-state index contributed by atoms with van der Waals surface area (Å²) >= 11 is 5.55. The average Bonchev–Trinajstić information content (AvgIpc) is 2.23. The number of aldehydes is 1. The van der Waals surface area contributed by atoms with E-state index in [1.165, 1.54) is 7.11 Å². The lowest BCUT2D eigenvalue weighted by atomic mass is 10.3. The van der Waals surface area contributed by atoms with Crippen LogP contribution in [0, 0.1) is 0 Å². The number of hydrogen-bond donors (Lipinski definition) is 0. The molecular weight excluding hydrogens is 224 g/mol. The van der Waals surface area contributed by atoms with Crippen molar-refractivity contribution in [2.75, 3.05) is 7.11 Å². The number of methoxy groups -OCH3 is 1. The van der Waals surface area contributed by atoms with Gasteiger partial charge in [-0.05, 0) is 0 Å². The van der Waals surface area contributed by atoms with E-state index in [9.17, 15) is 14.4 Å². The molecule has 15 heavy (non-hydrogen) atoms. The van der Waals surface area contributed by atoms with Gasteiger partial charge in [0.2, 0.25) is 0 Å². The molecule has 0 fully saturated rings. The first kappa shape index (κ1) is 11.4. The summed E-state index contributed by atoms with van der Waals surface area (Å²) in [6, 6.07) is 0. The molecule has 0 N–H and O–H groups in total. The van der Waals surface area contributed by atoms with E-state index >= 15 is 0 Å². The summed E-state index contributed by atoms with van der Waals surface area (Å²) in [5.41, 5.74) is -0.946. The molecule has 1 rings (SSSR count). The Morgan fingerprint density at radius 2 is 2.40 bits per heavy atom. The number of nitrogens with zero attached hydrogens (tertiary/aromatic N) is 2. The predicted octanol–water partition coefficient (Wildman–Crippen LogP) is -0.118. The average molecular weight is 231 g/mol. The SMILES string of the molecule is COC(=O)Cn1ncc(Cl)c(C=O)c1=O. The van der Waals surface area contributed by atoms with Crippen molar-refractivity contribution in [2.24, 2.45) is 0 Å². The van der Waals surface area contributed by atoms with Crippen molar-refractivity contribution in [2.45, 2.75) is 6.54 Å². The fraction of sp³-hybridized carbons (Fsp3) is 0.250. The number of esters is 1. The summed E-state index contributed by atoms with van der Waals surface area (Å²) in [5, 5.41) is 3.54. The van der Waals surface area contributed by atoms with Crippen molar-refractivity contribution in [1.29, 1.82) is 0 Å². The third-order valence-corrected chi connectivity index (χ3v) is 1.96. The summed E-state index contributed by atoms with van der Waals surface area (Å²) in [5.74, 6) is -0.635. The fourth-order valence-electron chi connectivity index (χ4n) is 0.890. The Labute approximate surface area is 89.4 Å². The molecule has 0 saturated heterocycles. The number of carbonyl (C=O) groups is 2. The normalized spacial score (nSPS) is 9.73. The third kappa shape index (κ3) is 2.41. The summed E-state index contributed by atoms with van der Waals surface area (Å²) in [7, 11) is 1.18. The van der Waals surface area contributed by atoms with Gasteiger partial charge < -0.3 is 4.74 Å². The molecule has 0 aromatic carbocycles. The maximum absolute atomic E-state index is 11.4. The maximum atomic E-state index is 11.4. The Kier molecular flexibility index (Phi) is 3.56. The van der Waals surface area contributed by atoms with Gasteiger partial charge in [-0.1, -0.05) is 11.6 Å². The van der Waals surface area contributed by atoms with Gasteiger partial charge in [0.25, 0.3) is 5.56 Å². The van der Waals surface area contributed by atoms with Crippen LogP contribution >= 0.6 is 11.6 Å². The van der Waals surface area contributed by atoms with E-state index in [-0.39, 0.29) is 17.1 Å². The number of ether oxygens (including phenoxy) is 1. The summed E-state index contributed by atoms with van der Waals surface area (Å²) < 4.78 is 5.16. The van der Waals surface area contributed by atoms with Crippen molar-refractivity contribution in [3.8, 4) is 0 Å². The van der Waals surface area contributed by atoms with Crippen LogP contribution in [0.2, 0.25) is 5.02 Å². The summed E-state index contributed by atoms with van der Waals surface area (Å²) in [6.07, 6.45) is 1.44. The number of halogens is 1. The van der Waals surface area contributed by atoms with Crippen LogP contribution in [0.15, 0.2) is 11.0 Å². The van der Waals surface area contributed by atoms with E-state index in [1.54, 1.807) is 0 Å². The van der Waals surface area contributed by atoms with Crippen LogP contribution in [-0.4, -0.2) is 29.1 Å². The molecule has 0 aliphatic rings. The molecule has 0 saturated carbocycles. The molecule has 0 amide bonds. The van der Waals surface area contributed by atoms with E-state index in [0.717, 1.165) is 10.9 Å². The second-order valence-corrected chi connectivity index (χ2v) is 2.97. The minimum atomic E-state index is -0.720. The van der Waals surface area contributed by atoms with E-state index in [0.29, 0.717) is 6.29 Å². The molecule has 1 aromatic heterocycles. The fourth-order valence-corrected chi connectivity index (χ4v) is 1.06. The van der Waals surface area contributed by atoms with Crippen LogP contribution in [0.5, 0.6) is 0 Å². The molecule has 0 spiro atoms. The molecular formula is C8H7ClN2O4. The number of carbonyl (C=O) groups excluding carboxylic acids is 2. The molecule has 0 atom stereocenters. The van der Waals surface area contributed by atoms with Crippen LogP contribution < -0.4 is 5.56 Å². The molecule has 0 aliphatic heterocycles. The lowest BCUT2D eigenvalue weighted by Crippen LogP contribution is -2.29. The Morgan fingerprint density at radius 3 is 2.93 bits per heavy atom. The zero-order chi connectivity index (χ0) is 11.4. The highest BCUT2D eigenvalue weighted by molar-refractivity contribution is 6.32. The van der Waals surface area contributed by atoms with Gasteiger partial charge in [0.15, 0.2) is 6.29 Å². The number of aromatic nitrogens is 2. The van der Waals surface area contributed by atoms with E-state index in [2.05, 4.69) is 9.84 Å². The first-order chi connectivity index (χ1) is 7.10. The van der Waals surface area contributed by atoms with Gasteiger partial charge in [0, 0.05) is 0 Å². The maximum Gasteiger partial charge on any atom is 0.327 e. The monoisotopic (exact) mass is 230 g/mol. The zero-order valence-electron chi connectivity index (χ0n) is 7.77. The minimum absolute atomic E-state index is 0.0453. The Morgan fingerprint density at radius 1 is 1.73 bits per heavy atom. The summed E-state index contributed by atoms with van der Waals surface area (Å²) in [6.45, 7) is -0.354. The lowest BCUT2D eigenvalue weighted by molar-refractivity contribution is -0.141. The van der Waals surface area contributed by atoms with E-state index in [4.69, 9.17) is 11.6 Å². The topological polar surface area (TPSA) is 78.3 Å². The minimum Gasteiger partial charge on any atom is -0.468 e. The zero-order valence-corrected chi connectivity index (χ0v) is 8.52. The van der Waals surface area contributed by atoms with Crippen molar-refractivity contribution in [1.82, 2.24) is 9.78 Å². The molecule has 80 valence electrons. The molecule has 7 heteroatoms. The van der Waals surface area contributed by atoms with Crippen LogP contribution in [0.25, 0.3) is 0 Å². The number of hydrogen-bond acceptors (Lipinski definition) is 5. The van der Waals surface area contributed by atoms with Crippen molar-refractivity contribution in [3.05, 3.63) is 27.1 Å². The van der Waals surface area contributed by atoms with Crippen molar-refractivity contribution < 1.29 is 14.3 Å².